The van der Waals surface area contributed by atoms with Crippen molar-refractivity contribution < 1.29 is 4.74 Å². The first-order valence-corrected chi connectivity index (χ1v) is 7.04. The third-order valence-electron chi connectivity index (χ3n) is 3.08. The van der Waals surface area contributed by atoms with Gasteiger partial charge in [0.05, 0.1) is 18.1 Å². The molecular weight excluding hydrogens is 246 g/mol. The zero-order chi connectivity index (χ0) is 13.3. The molecule has 0 bridgehead atoms. The summed E-state index contributed by atoms with van der Waals surface area (Å²) >= 11 is 1.82. The molecule has 98 valence electrons. The van der Waals surface area contributed by atoms with Crippen molar-refractivity contribution in [2.24, 2.45) is 0 Å². The summed E-state index contributed by atoms with van der Waals surface area (Å²) < 4.78 is 7.42. The SMILES string of the molecule is COc1ccc2nc(N)n(CC(C)(C)SC)c2c1. The van der Waals surface area contributed by atoms with Gasteiger partial charge in [-0.2, -0.15) is 11.8 Å². The fourth-order valence-corrected chi connectivity index (χ4v) is 2.12. The second-order valence-corrected chi connectivity index (χ2v) is 6.39. The molecule has 2 aromatic rings. The Kier molecular flexibility index (Phi) is 3.43. The van der Waals surface area contributed by atoms with Crippen molar-refractivity contribution in [1.82, 2.24) is 9.55 Å². The van der Waals surface area contributed by atoms with Gasteiger partial charge in [-0.15, -0.1) is 0 Å². The molecule has 0 fully saturated rings. The highest BCUT2D eigenvalue weighted by molar-refractivity contribution is 7.99. The summed E-state index contributed by atoms with van der Waals surface area (Å²) in [5.74, 6) is 1.38. The average Bonchev–Trinajstić information content (AvgIpc) is 2.65. The summed E-state index contributed by atoms with van der Waals surface area (Å²) in [5.41, 5.74) is 7.94. The van der Waals surface area contributed by atoms with E-state index in [1.807, 2.05) is 34.5 Å². The van der Waals surface area contributed by atoms with Crippen molar-refractivity contribution in [3.05, 3.63) is 18.2 Å². The van der Waals surface area contributed by atoms with Crippen LogP contribution in [-0.4, -0.2) is 27.7 Å². The number of imidazole rings is 1. The molecule has 2 N–H and O–H groups in total. The molecule has 1 heterocycles. The third-order valence-corrected chi connectivity index (χ3v) is 4.31. The van der Waals surface area contributed by atoms with Gasteiger partial charge in [-0.05, 0) is 32.2 Å². The number of fused-ring (bicyclic) bond motifs is 1. The fraction of sp³-hybridized carbons (Fsp3) is 0.462. The molecule has 0 amide bonds. The Hall–Kier alpha value is -1.36. The highest BCUT2D eigenvalue weighted by Gasteiger charge is 2.20. The van der Waals surface area contributed by atoms with Gasteiger partial charge in [0.25, 0.3) is 0 Å². The lowest BCUT2D eigenvalue weighted by Crippen LogP contribution is -2.23. The maximum atomic E-state index is 6.01. The second-order valence-electron chi connectivity index (χ2n) is 4.87. The third kappa shape index (κ3) is 2.41. The van der Waals surface area contributed by atoms with Gasteiger partial charge < -0.3 is 15.0 Å². The summed E-state index contributed by atoms with van der Waals surface area (Å²) in [6.07, 6.45) is 2.11. The van der Waals surface area contributed by atoms with Gasteiger partial charge in [0, 0.05) is 17.4 Å². The number of anilines is 1. The summed E-state index contributed by atoms with van der Waals surface area (Å²) in [6, 6.07) is 5.82. The molecule has 0 aliphatic heterocycles. The Labute approximate surface area is 112 Å². The van der Waals surface area contributed by atoms with Crippen LogP contribution in [0.2, 0.25) is 0 Å². The number of aromatic nitrogens is 2. The van der Waals surface area contributed by atoms with Crippen molar-refractivity contribution in [3.8, 4) is 5.75 Å². The van der Waals surface area contributed by atoms with E-state index in [9.17, 15) is 0 Å². The molecular formula is C13H19N3OS. The number of ether oxygens (including phenoxy) is 1. The molecule has 18 heavy (non-hydrogen) atoms. The summed E-state index contributed by atoms with van der Waals surface area (Å²) in [5, 5.41) is 0. The van der Waals surface area contributed by atoms with Crippen LogP contribution < -0.4 is 10.5 Å². The van der Waals surface area contributed by atoms with Crippen LogP contribution in [0.25, 0.3) is 11.0 Å². The first-order chi connectivity index (χ1) is 8.46. The number of nitrogens with zero attached hydrogens (tertiary/aromatic N) is 2. The first-order valence-electron chi connectivity index (χ1n) is 5.82. The van der Waals surface area contributed by atoms with E-state index in [-0.39, 0.29) is 4.75 Å². The predicted molar refractivity (Wildman–Crippen MR) is 78.3 cm³/mol. The summed E-state index contributed by atoms with van der Waals surface area (Å²) in [7, 11) is 1.66. The highest BCUT2D eigenvalue weighted by Crippen LogP contribution is 2.29. The van der Waals surface area contributed by atoms with Crippen molar-refractivity contribution in [3.63, 3.8) is 0 Å². The molecule has 0 aliphatic rings. The highest BCUT2D eigenvalue weighted by atomic mass is 32.2. The molecule has 0 atom stereocenters. The van der Waals surface area contributed by atoms with E-state index < -0.39 is 0 Å². The molecule has 5 heteroatoms. The van der Waals surface area contributed by atoms with Crippen molar-refractivity contribution in [1.29, 1.82) is 0 Å². The van der Waals surface area contributed by atoms with Crippen molar-refractivity contribution in [2.75, 3.05) is 19.1 Å². The smallest absolute Gasteiger partial charge is 0.201 e. The first kappa shape index (κ1) is 13.1. The minimum Gasteiger partial charge on any atom is -0.497 e. The van der Waals surface area contributed by atoms with E-state index in [4.69, 9.17) is 10.5 Å². The van der Waals surface area contributed by atoms with Crippen LogP contribution in [-0.2, 0) is 6.54 Å². The number of rotatable bonds is 4. The van der Waals surface area contributed by atoms with Crippen LogP contribution in [0.3, 0.4) is 0 Å². The predicted octanol–water partition coefficient (Wildman–Crippen LogP) is 2.77. The van der Waals surface area contributed by atoms with Gasteiger partial charge >= 0.3 is 0 Å². The van der Waals surface area contributed by atoms with E-state index >= 15 is 0 Å². The quantitative estimate of drug-likeness (QED) is 0.923. The zero-order valence-corrected chi connectivity index (χ0v) is 12.0. The number of nitrogens with two attached hydrogens (primary N) is 1. The monoisotopic (exact) mass is 265 g/mol. The van der Waals surface area contributed by atoms with Crippen LogP contribution in [0.1, 0.15) is 13.8 Å². The molecule has 0 unspecified atom stereocenters. The van der Waals surface area contributed by atoms with E-state index in [0.29, 0.717) is 5.95 Å². The van der Waals surface area contributed by atoms with Crippen molar-refractivity contribution >= 4 is 28.7 Å². The molecule has 0 saturated carbocycles. The number of methoxy groups -OCH3 is 1. The van der Waals surface area contributed by atoms with E-state index in [1.54, 1.807) is 7.11 Å². The van der Waals surface area contributed by atoms with E-state index in [0.717, 1.165) is 23.3 Å². The van der Waals surface area contributed by atoms with Crippen LogP contribution >= 0.6 is 11.8 Å². The van der Waals surface area contributed by atoms with Crippen LogP contribution in [0.5, 0.6) is 5.75 Å². The van der Waals surface area contributed by atoms with Gasteiger partial charge in [-0.1, -0.05) is 0 Å². The normalized spacial score (nSPS) is 12.0. The Bertz CT molecular complexity index is 563. The molecule has 1 aromatic heterocycles. The van der Waals surface area contributed by atoms with Gasteiger partial charge in [-0.25, -0.2) is 4.98 Å². The topological polar surface area (TPSA) is 53.1 Å². The zero-order valence-electron chi connectivity index (χ0n) is 11.2. The lowest BCUT2D eigenvalue weighted by Gasteiger charge is -2.23. The molecule has 0 saturated heterocycles. The van der Waals surface area contributed by atoms with Crippen molar-refractivity contribution in [2.45, 2.75) is 25.1 Å². The molecule has 0 aliphatic carbocycles. The average molecular weight is 265 g/mol. The van der Waals surface area contributed by atoms with Gasteiger partial charge in [0.15, 0.2) is 0 Å². The maximum Gasteiger partial charge on any atom is 0.201 e. The second kappa shape index (κ2) is 4.72. The maximum absolute atomic E-state index is 6.01. The number of hydrogen-bond donors (Lipinski definition) is 1. The lowest BCUT2D eigenvalue weighted by atomic mass is 10.2. The van der Waals surface area contributed by atoms with Gasteiger partial charge in [0.1, 0.15) is 5.75 Å². The molecule has 4 nitrogen and oxygen atoms in total. The van der Waals surface area contributed by atoms with Crippen LogP contribution in [0.4, 0.5) is 5.95 Å². The number of benzene rings is 1. The minimum absolute atomic E-state index is 0.116. The Morgan fingerprint density at radius 1 is 1.44 bits per heavy atom. The molecule has 1 aromatic carbocycles. The molecule has 0 radical (unpaired) electrons. The minimum atomic E-state index is 0.116. The summed E-state index contributed by atoms with van der Waals surface area (Å²) in [6.45, 7) is 5.22. The van der Waals surface area contributed by atoms with Crippen LogP contribution in [0.15, 0.2) is 18.2 Å². The molecule has 2 rings (SSSR count). The van der Waals surface area contributed by atoms with E-state index in [1.165, 1.54) is 0 Å². The Balaban J connectivity index is 2.51. The number of nitrogen functional groups attached to an aromatic ring is 1. The Morgan fingerprint density at radius 2 is 2.17 bits per heavy atom. The number of thioether (sulfide) groups is 1. The number of hydrogen-bond acceptors (Lipinski definition) is 4. The Morgan fingerprint density at radius 3 is 2.78 bits per heavy atom. The van der Waals surface area contributed by atoms with Gasteiger partial charge in [0.2, 0.25) is 5.95 Å². The van der Waals surface area contributed by atoms with Crippen LogP contribution in [0, 0.1) is 0 Å². The molecule has 0 spiro atoms. The standard InChI is InChI=1S/C13H19N3OS/c1-13(2,18-4)8-16-11-7-9(17-3)5-6-10(11)15-12(16)14/h5-7H,8H2,1-4H3,(H2,14,15). The van der Waals surface area contributed by atoms with Gasteiger partial charge in [-0.3, -0.25) is 0 Å². The fourth-order valence-electron chi connectivity index (χ4n) is 1.86. The summed E-state index contributed by atoms with van der Waals surface area (Å²) in [4.78, 5) is 4.38. The van der Waals surface area contributed by atoms with E-state index in [2.05, 4.69) is 25.1 Å². The lowest BCUT2D eigenvalue weighted by molar-refractivity contribution is 0.415. The largest absolute Gasteiger partial charge is 0.497 e.